The Morgan fingerprint density at radius 3 is 1.36 bits per heavy atom. The molecule has 0 radical (unpaired) electrons. The molecule has 0 saturated carbocycles. The second-order valence-electron chi connectivity index (χ2n) is 13.7. The molecule has 0 aromatic heterocycles. The number of hydrogen-bond acceptors (Lipinski definition) is 3. The summed E-state index contributed by atoms with van der Waals surface area (Å²) in [4.78, 5) is 2.42. The van der Waals surface area contributed by atoms with E-state index in [0.29, 0.717) is 6.10 Å². The second kappa shape index (κ2) is 25.7. The van der Waals surface area contributed by atoms with Gasteiger partial charge in [-0.05, 0) is 77.7 Å². The molecule has 0 amide bonds. The monoisotopic (exact) mass is 588 g/mol. The Morgan fingerprint density at radius 2 is 0.905 bits per heavy atom. The number of unbranched alkanes of at least 4 members (excludes halogenated alkanes) is 20. The molecule has 3 heteroatoms. The average molecular weight is 588 g/mol. The predicted octanol–water partition coefficient (Wildman–Crippen LogP) is 12.1. The largest absolute Gasteiger partial charge is 0.344 e. The maximum Gasteiger partial charge on any atom is 0.169 e. The molecule has 246 valence electrons. The molecule has 2 saturated heterocycles. The first-order valence-corrected chi connectivity index (χ1v) is 19.0. The van der Waals surface area contributed by atoms with Gasteiger partial charge in [-0.3, -0.25) is 0 Å². The molecule has 0 aromatic carbocycles. The fourth-order valence-corrected chi connectivity index (χ4v) is 6.81. The smallest absolute Gasteiger partial charge is 0.169 e. The maximum absolute atomic E-state index is 6.77. The van der Waals surface area contributed by atoms with Crippen molar-refractivity contribution in [2.75, 3.05) is 20.1 Å². The van der Waals surface area contributed by atoms with Crippen molar-refractivity contribution in [3.8, 4) is 0 Å². The first-order valence-electron chi connectivity index (χ1n) is 19.0. The van der Waals surface area contributed by atoms with E-state index in [9.17, 15) is 0 Å². The van der Waals surface area contributed by atoms with Crippen molar-refractivity contribution in [1.82, 2.24) is 4.90 Å². The zero-order valence-corrected chi connectivity index (χ0v) is 28.7. The van der Waals surface area contributed by atoms with Crippen LogP contribution in [0.2, 0.25) is 0 Å². The Kier molecular flexibility index (Phi) is 22.9. The molecule has 3 nitrogen and oxygen atoms in total. The van der Waals surface area contributed by atoms with Gasteiger partial charge in [-0.1, -0.05) is 128 Å². The molecule has 2 atom stereocenters. The van der Waals surface area contributed by atoms with Crippen LogP contribution in [0.5, 0.6) is 0 Å². The van der Waals surface area contributed by atoms with E-state index in [-0.39, 0.29) is 11.9 Å². The van der Waals surface area contributed by atoms with E-state index in [2.05, 4.69) is 50.1 Å². The predicted molar refractivity (Wildman–Crippen MR) is 184 cm³/mol. The van der Waals surface area contributed by atoms with Crippen LogP contribution in [0.4, 0.5) is 0 Å². The standard InChI is InChI=1S/C39H73NO2/c1-4-6-8-10-12-14-16-18-20-22-24-26-28-30-33-39(41-37-32-35-40(3)36-38(37)42-39)34-31-29-27-25-23-21-19-17-15-13-11-9-7-5-2/h14-17,37-38H,4-13,18-36H2,1-3H3/t37?,38-,39?/m0/s1. The molecule has 0 N–H and O–H groups in total. The van der Waals surface area contributed by atoms with E-state index in [1.54, 1.807) is 0 Å². The highest BCUT2D eigenvalue weighted by molar-refractivity contribution is 4.91. The Labute approximate surface area is 263 Å². The van der Waals surface area contributed by atoms with E-state index in [4.69, 9.17) is 9.47 Å². The number of allylic oxidation sites excluding steroid dienone is 4. The molecule has 2 fully saturated rings. The molecular weight excluding hydrogens is 514 g/mol. The molecule has 2 aliphatic rings. The van der Waals surface area contributed by atoms with Gasteiger partial charge in [0.15, 0.2) is 5.79 Å². The number of likely N-dealkylation sites (N-methyl/N-ethyl adjacent to an activating group) is 1. The first-order chi connectivity index (χ1) is 20.7. The zero-order chi connectivity index (χ0) is 30.0. The third kappa shape index (κ3) is 18.2. The van der Waals surface area contributed by atoms with Gasteiger partial charge < -0.3 is 14.4 Å². The third-order valence-corrected chi connectivity index (χ3v) is 9.57. The van der Waals surface area contributed by atoms with Crippen LogP contribution in [-0.4, -0.2) is 43.0 Å². The van der Waals surface area contributed by atoms with Gasteiger partial charge in [0.05, 0.1) is 12.2 Å². The van der Waals surface area contributed by atoms with Gasteiger partial charge in [-0.25, -0.2) is 0 Å². The average Bonchev–Trinajstić information content (AvgIpc) is 3.35. The molecule has 0 bridgehead atoms. The van der Waals surface area contributed by atoms with E-state index in [0.717, 1.165) is 32.4 Å². The lowest BCUT2D eigenvalue weighted by Crippen LogP contribution is -2.43. The molecule has 2 heterocycles. The number of fused-ring (bicyclic) bond motifs is 1. The Morgan fingerprint density at radius 1 is 0.524 bits per heavy atom. The highest BCUT2D eigenvalue weighted by Crippen LogP contribution is 2.40. The van der Waals surface area contributed by atoms with Gasteiger partial charge in [-0.2, -0.15) is 0 Å². The maximum atomic E-state index is 6.77. The molecule has 1 unspecified atom stereocenters. The Balaban J connectivity index is 1.54. The van der Waals surface area contributed by atoms with Crippen LogP contribution in [-0.2, 0) is 9.47 Å². The topological polar surface area (TPSA) is 21.7 Å². The quantitative estimate of drug-likeness (QED) is 0.0671. The van der Waals surface area contributed by atoms with Crippen molar-refractivity contribution in [3.63, 3.8) is 0 Å². The number of piperidine rings is 1. The lowest BCUT2D eigenvalue weighted by Gasteiger charge is -2.29. The van der Waals surface area contributed by atoms with Crippen LogP contribution in [0.25, 0.3) is 0 Å². The molecular formula is C39H73NO2. The SMILES string of the molecule is CCCCCCC=CCCCCCCCCC1(CCCCCCCCC=CCCCCCC)OC2CCN(C)C[C@@H]2O1. The van der Waals surface area contributed by atoms with Gasteiger partial charge in [0, 0.05) is 25.9 Å². The lowest BCUT2D eigenvalue weighted by atomic mass is 9.98. The Hall–Kier alpha value is -0.640. The van der Waals surface area contributed by atoms with Crippen LogP contribution in [0.3, 0.4) is 0 Å². The number of ether oxygens (including phenoxy) is 2. The fraction of sp³-hybridized carbons (Fsp3) is 0.897. The summed E-state index contributed by atoms with van der Waals surface area (Å²) in [6, 6.07) is 0. The van der Waals surface area contributed by atoms with Crippen molar-refractivity contribution < 1.29 is 9.47 Å². The molecule has 0 aromatic rings. The van der Waals surface area contributed by atoms with Crippen molar-refractivity contribution in [2.24, 2.45) is 0 Å². The van der Waals surface area contributed by atoms with Crippen molar-refractivity contribution >= 4 is 0 Å². The minimum Gasteiger partial charge on any atom is -0.344 e. The summed E-state index contributed by atoms with van der Waals surface area (Å²) in [5.74, 6) is -0.301. The van der Waals surface area contributed by atoms with Crippen LogP contribution >= 0.6 is 0 Å². The van der Waals surface area contributed by atoms with Gasteiger partial charge in [0.1, 0.15) is 0 Å². The fourth-order valence-electron chi connectivity index (χ4n) is 6.81. The highest BCUT2D eigenvalue weighted by Gasteiger charge is 2.48. The lowest BCUT2D eigenvalue weighted by molar-refractivity contribution is -0.185. The first kappa shape index (κ1) is 37.5. The molecule has 0 spiro atoms. The van der Waals surface area contributed by atoms with Gasteiger partial charge in [0.25, 0.3) is 0 Å². The zero-order valence-electron chi connectivity index (χ0n) is 28.7. The van der Waals surface area contributed by atoms with Crippen molar-refractivity contribution in [3.05, 3.63) is 24.3 Å². The summed E-state index contributed by atoms with van der Waals surface area (Å²) in [5, 5.41) is 0. The van der Waals surface area contributed by atoms with Crippen LogP contribution < -0.4 is 0 Å². The number of nitrogens with zero attached hydrogens (tertiary/aromatic N) is 1. The van der Waals surface area contributed by atoms with Crippen molar-refractivity contribution in [1.29, 1.82) is 0 Å². The van der Waals surface area contributed by atoms with E-state index < -0.39 is 0 Å². The molecule has 0 aliphatic carbocycles. The summed E-state index contributed by atoms with van der Waals surface area (Å²) >= 11 is 0. The summed E-state index contributed by atoms with van der Waals surface area (Å²) in [6.07, 6.45) is 45.8. The summed E-state index contributed by atoms with van der Waals surface area (Å²) in [7, 11) is 2.23. The van der Waals surface area contributed by atoms with Crippen molar-refractivity contribution in [2.45, 2.75) is 205 Å². The van der Waals surface area contributed by atoms with E-state index >= 15 is 0 Å². The van der Waals surface area contributed by atoms with Crippen LogP contribution in [0.1, 0.15) is 187 Å². The number of likely N-dealkylation sites (tertiary alicyclic amines) is 1. The van der Waals surface area contributed by atoms with E-state index in [1.165, 1.54) is 154 Å². The van der Waals surface area contributed by atoms with Gasteiger partial charge in [-0.15, -0.1) is 0 Å². The number of hydrogen-bond donors (Lipinski definition) is 0. The Bertz CT molecular complexity index is 621. The third-order valence-electron chi connectivity index (χ3n) is 9.57. The van der Waals surface area contributed by atoms with Crippen LogP contribution in [0, 0.1) is 0 Å². The summed E-state index contributed by atoms with van der Waals surface area (Å²) in [5.41, 5.74) is 0. The minimum atomic E-state index is -0.301. The second-order valence-corrected chi connectivity index (χ2v) is 13.7. The summed E-state index contributed by atoms with van der Waals surface area (Å²) in [6.45, 7) is 6.75. The highest BCUT2D eigenvalue weighted by atomic mass is 16.8. The molecule has 42 heavy (non-hydrogen) atoms. The van der Waals surface area contributed by atoms with Gasteiger partial charge in [0.2, 0.25) is 0 Å². The number of rotatable bonds is 28. The van der Waals surface area contributed by atoms with Gasteiger partial charge >= 0.3 is 0 Å². The molecule has 2 aliphatic heterocycles. The molecule has 2 rings (SSSR count). The normalized spacial score (nSPS) is 23.0. The summed E-state index contributed by atoms with van der Waals surface area (Å²) < 4.78 is 13.5. The van der Waals surface area contributed by atoms with E-state index in [1.807, 2.05) is 0 Å². The van der Waals surface area contributed by atoms with Crippen LogP contribution in [0.15, 0.2) is 24.3 Å². The minimum absolute atomic E-state index is 0.281.